The molecular formula is C10H17BrO3. The molecular weight excluding hydrogens is 248 g/mol. The van der Waals surface area contributed by atoms with Gasteiger partial charge in [-0.3, -0.25) is 4.79 Å². The zero-order valence-corrected chi connectivity index (χ0v) is 9.96. The maximum atomic E-state index is 10.3. The first-order valence-electron chi connectivity index (χ1n) is 4.67. The van der Waals surface area contributed by atoms with Gasteiger partial charge in [0.25, 0.3) is 0 Å². The SMILES string of the molecule is CC(=CCCC(O)CBr)CCC(=O)O. The number of halogens is 1. The van der Waals surface area contributed by atoms with E-state index in [0.29, 0.717) is 11.8 Å². The van der Waals surface area contributed by atoms with Crippen molar-refractivity contribution in [3.05, 3.63) is 11.6 Å². The lowest BCUT2D eigenvalue weighted by Crippen LogP contribution is -2.06. The van der Waals surface area contributed by atoms with Crippen LogP contribution in [0, 0.1) is 0 Å². The monoisotopic (exact) mass is 264 g/mol. The Kier molecular flexibility index (Phi) is 7.80. The fraction of sp³-hybridized carbons (Fsp3) is 0.700. The summed E-state index contributed by atoms with van der Waals surface area (Å²) < 4.78 is 0. The molecule has 0 amide bonds. The van der Waals surface area contributed by atoms with Gasteiger partial charge < -0.3 is 10.2 Å². The van der Waals surface area contributed by atoms with Crippen LogP contribution in [-0.4, -0.2) is 27.6 Å². The van der Waals surface area contributed by atoms with E-state index < -0.39 is 5.97 Å². The van der Waals surface area contributed by atoms with Gasteiger partial charge in [0.05, 0.1) is 6.10 Å². The Balaban J connectivity index is 3.60. The van der Waals surface area contributed by atoms with Crippen molar-refractivity contribution in [1.29, 1.82) is 0 Å². The zero-order valence-electron chi connectivity index (χ0n) is 8.37. The lowest BCUT2D eigenvalue weighted by Gasteiger charge is -2.04. The molecule has 3 nitrogen and oxygen atoms in total. The first-order valence-corrected chi connectivity index (χ1v) is 5.80. The minimum absolute atomic E-state index is 0.184. The highest BCUT2D eigenvalue weighted by atomic mass is 79.9. The Morgan fingerprint density at radius 1 is 1.50 bits per heavy atom. The third-order valence-corrected chi connectivity index (χ3v) is 2.65. The van der Waals surface area contributed by atoms with Gasteiger partial charge in [0.2, 0.25) is 0 Å². The highest BCUT2D eigenvalue weighted by molar-refractivity contribution is 9.09. The molecule has 0 aliphatic rings. The van der Waals surface area contributed by atoms with Crippen LogP contribution in [0.2, 0.25) is 0 Å². The average molecular weight is 265 g/mol. The molecule has 0 aromatic carbocycles. The molecule has 0 fully saturated rings. The van der Waals surface area contributed by atoms with E-state index in [9.17, 15) is 9.90 Å². The van der Waals surface area contributed by atoms with E-state index in [1.165, 1.54) is 0 Å². The fourth-order valence-electron chi connectivity index (χ4n) is 1.01. The van der Waals surface area contributed by atoms with E-state index in [-0.39, 0.29) is 12.5 Å². The van der Waals surface area contributed by atoms with E-state index >= 15 is 0 Å². The summed E-state index contributed by atoms with van der Waals surface area (Å²) in [6.45, 7) is 1.92. The first-order chi connectivity index (χ1) is 6.56. The maximum Gasteiger partial charge on any atom is 0.303 e. The summed E-state index contributed by atoms with van der Waals surface area (Å²) in [5, 5.41) is 18.3. The quantitative estimate of drug-likeness (QED) is 0.548. The van der Waals surface area contributed by atoms with Gasteiger partial charge in [-0.1, -0.05) is 27.6 Å². The summed E-state index contributed by atoms with van der Waals surface area (Å²) >= 11 is 3.18. The molecule has 1 unspecified atom stereocenters. The third kappa shape index (κ3) is 8.26. The third-order valence-electron chi connectivity index (χ3n) is 1.90. The van der Waals surface area contributed by atoms with Crippen LogP contribution in [0.4, 0.5) is 0 Å². The zero-order chi connectivity index (χ0) is 11.0. The van der Waals surface area contributed by atoms with Gasteiger partial charge in [-0.05, 0) is 26.2 Å². The van der Waals surface area contributed by atoms with Crippen molar-refractivity contribution in [2.24, 2.45) is 0 Å². The van der Waals surface area contributed by atoms with E-state index in [4.69, 9.17) is 5.11 Å². The number of hydrogen-bond acceptors (Lipinski definition) is 2. The number of carbonyl (C=O) groups is 1. The summed E-state index contributed by atoms with van der Waals surface area (Å²) in [5.41, 5.74) is 1.08. The first kappa shape index (κ1) is 13.7. The normalized spacial score (nSPS) is 14.1. The second kappa shape index (κ2) is 8.00. The standard InChI is InChI=1S/C10H17BrO3/c1-8(5-6-10(13)14)3-2-4-9(12)7-11/h3,9,12H,2,4-7H2,1H3,(H,13,14). The van der Waals surface area contributed by atoms with Crippen molar-refractivity contribution < 1.29 is 15.0 Å². The summed E-state index contributed by atoms with van der Waals surface area (Å²) in [7, 11) is 0. The van der Waals surface area contributed by atoms with E-state index in [1.54, 1.807) is 0 Å². The number of allylic oxidation sites excluding steroid dienone is 2. The van der Waals surface area contributed by atoms with Crippen LogP contribution in [0.5, 0.6) is 0 Å². The molecule has 0 aromatic heterocycles. The highest BCUT2D eigenvalue weighted by Crippen LogP contribution is 2.08. The molecule has 0 saturated carbocycles. The predicted octanol–water partition coefficient (Wildman–Crippen LogP) is 2.33. The largest absolute Gasteiger partial charge is 0.481 e. The molecule has 0 rings (SSSR count). The number of hydrogen-bond donors (Lipinski definition) is 2. The number of carboxylic acid groups (broad SMARTS) is 1. The van der Waals surface area contributed by atoms with E-state index in [1.807, 2.05) is 13.0 Å². The molecule has 0 aromatic rings. The molecule has 0 aliphatic heterocycles. The van der Waals surface area contributed by atoms with Gasteiger partial charge in [0.1, 0.15) is 0 Å². The maximum absolute atomic E-state index is 10.3. The number of carboxylic acids is 1. The molecule has 1 atom stereocenters. The molecule has 82 valence electrons. The van der Waals surface area contributed by atoms with Gasteiger partial charge in [-0.15, -0.1) is 0 Å². The Labute approximate surface area is 93.0 Å². The van der Waals surface area contributed by atoms with Crippen LogP contribution in [0.15, 0.2) is 11.6 Å². The predicted molar refractivity (Wildman–Crippen MR) is 59.7 cm³/mol. The molecule has 14 heavy (non-hydrogen) atoms. The number of rotatable bonds is 7. The van der Waals surface area contributed by atoms with Crippen molar-refractivity contribution in [2.45, 2.75) is 38.7 Å². The molecule has 0 bridgehead atoms. The summed E-state index contributed by atoms with van der Waals surface area (Å²) in [6.07, 6.45) is 3.99. The Morgan fingerprint density at radius 2 is 2.14 bits per heavy atom. The van der Waals surface area contributed by atoms with E-state index in [2.05, 4.69) is 15.9 Å². The van der Waals surface area contributed by atoms with Crippen molar-refractivity contribution in [3.63, 3.8) is 0 Å². The van der Waals surface area contributed by atoms with Crippen LogP contribution >= 0.6 is 15.9 Å². The minimum Gasteiger partial charge on any atom is -0.481 e. The molecule has 0 saturated heterocycles. The van der Waals surface area contributed by atoms with Crippen molar-refractivity contribution in [2.75, 3.05) is 5.33 Å². The average Bonchev–Trinajstić information content (AvgIpc) is 2.14. The molecule has 4 heteroatoms. The Morgan fingerprint density at radius 3 is 2.64 bits per heavy atom. The Hall–Kier alpha value is -0.350. The lowest BCUT2D eigenvalue weighted by molar-refractivity contribution is -0.136. The molecule has 0 radical (unpaired) electrons. The van der Waals surface area contributed by atoms with Crippen LogP contribution in [-0.2, 0) is 4.79 Å². The number of aliphatic hydroxyl groups is 1. The van der Waals surface area contributed by atoms with Crippen LogP contribution < -0.4 is 0 Å². The number of aliphatic carboxylic acids is 1. The van der Waals surface area contributed by atoms with Crippen LogP contribution in [0.25, 0.3) is 0 Å². The van der Waals surface area contributed by atoms with Crippen LogP contribution in [0.1, 0.15) is 32.6 Å². The molecule has 0 aliphatic carbocycles. The van der Waals surface area contributed by atoms with Gasteiger partial charge in [0.15, 0.2) is 0 Å². The summed E-state index contributed by atoms with van der Waals surface area (Å²) in [4.78, 5) is 10.3. The minimum atomic E-state index is -0.766. The van der Waals surface area contributed by atoms with Gasteiger partial charge in [-0.25, -0.2) is 0 Å². The topological polar surface area (TPSA) is 57.5 Å². The van der Waals surface area contributed by atoms with Crippen molar-refractivity contribution in [3.8, 4) is 0 Å². The van der Waals surface area contributed by atoms with E-state index in [0.717, 1.165) is 18.4 Å². The van der Waals surface area contributed by atoms with Gasteiger partial charge in [-0.2, -0.15) is 0 Å². The van der Waals surface area contributed by atoms with Gasteiger partial charge in [0, 0.05) is 11.8 Å². The number of alkyl halides is 1. The smallest absolute Gasteiger partial charge is 0.303 e. The van der Waals surface area contributed by atoms with Crippen molar-refractivity contribution >= 4 is 21.9 Å². The Bertz CT molecular complexity index is 202. The molecule has 0 heterocycles. The lowest BCUT2D eigenvalue weighted by atomic mass is 10.1. The summed E-state index contributed by atoms with van der Waals surface area (Å²) in [6, 6.07) is 0. The van der Waals surface area contributed by atoms with Crippen molar-refractivity contribution in [1.82, 2.24) is 0 Å². The second-order valence-corrected chi connectivity index (χ2v) is 3.98. The highest BCUT2D eigenvalue weighted by Gasteiger charge is 2.00. The van der Waals surface area contributed by atoms with Crippen LogP contribution in [0.3, 0.4) is 0 Å². The summed E-state index contributed by atoms with van der Waals surface area (Å²) in [5.74, 6) is -0.766. The number of aliphatic hydroxyl groups excluding tert-OH is 1. The molecule has 2 N–H and O–H groups in total. The fourth-order valence-corrected chi connectivity index (χ4v) is 1.33. The molecule has 0 spiro atoms. The second-order valence-electron chi connectivity index (χ2n) is 3.33. The van der Waals surface area contributed by atoms with Gasteiger partial charge >= 0.3 is 5.97 Å².